The van der Waals surface area contributed by atoms with Crippen LogP contribution in [-0.4, -0.2) is 32.6 Å². The van der Waals surface area contributed by atoms with Gasteiger partial charge < -0.3 is 11.2 Å². The number of benzene rings is 1. The highest BCUT2D eigenvalue weighted by atomic mass is 35.5. The van der Waals surface area contributed by atoms with Crippen molar-refractivity contribution in [2.45, 2.75) is 57.1 Å². The summed E-state index contributed by atoms with van der Waals surface area (Å²) < 4.78 is 1.37. The van der Waals surface area contributed by atoms with Crippen LogP contribution in [0.3, 0.4) is 0 Å². The first-order valence-corrected chi connectivity index (χ1v) is 10.3. The van der Waals surface area contributed by atoms with Gasteiger partial charge in [-0.05, 0) is 25.5 Å². The first kappa shape index (κ1) is 20.6. The number of rotatable bonds is 10. The predicted molar refractivity (Wildman–Crippen MR) is 108 cm³/mol. The van der Waals surface area contributed by atoms with E-state index >= 15 is 0 Å². The fourth-order valence-electron chi connectivity index (χ4n) is 2.60. The zero-order valence-corrected chi connectivity index (χ0v) is 16.8. The first-order valence-electron chi connectivity index (χ1n) is 8.90. The third-order valence-corrected chi connectivity index (χ3v) is 5.28. The van der Waals surface area contributed by atoms with Crippen LogP contribution in [0.1, 0.15) is 46.0 Å². The molecule has 1 aromatic heterocycles. The largest absolute Gasteiger partial charge is 0.353 e. The van der Waals surface area contributed by atoms with Gasteiger partial charge in [-0.3, -0.25) is 4.79 Å². The van der Waals surface area contributed by atoms with Crippen molar-refractivity contribution in [1.29, 1.82) is 0 Å². The van der Waals surface area contributed by atoms with E-state index in [0.717, 1.165) is 12.8 Å². The Labute approximate surface area is 163 Å². The number of hydrogen-bond donors (Lipinski definition) is 2. The fraction of sp³-hybridized carbons (Fsp3) is 0.500. The minimum Gasteiger partial charge on any atom is -0.353 e. The Balaban J connectivity index is 1.84. The molecular weight excluding hydrogens is 370 g/mol. The Hall–Kier alpha value is -1.73. The van der Waals surface area contributed by atoms with Crippen molar-refractivity contribution in [1.82, 2.24) is 20.2 Å². The summed E-state index contributed by atoms with van der Waals surface area (Å²) in [7, 11) is 0. The quantitative estimate of drug-likeness (QED) is 0.362. The van der Waals surface area contributed by atoms with Crippen LogP contribution in [0.25, 0.3) is 11.4 Å². The van der Waals surface area contributed by atoms with E-state index in [9.17, 15) is 4.79 Å². The lowest BCUT2D eigenvalue weighted by Crippen LogP contribution is -2.33. The maximum Gasteiger partial charge on any atom is 0.230 e. The van der Waals surface area contributed by atoms with Crippen LogP contribution >= 0.6 is 23.4 Å². The van der Waals surface area contributed by atoms with Crippen LogP contribution in [0.5, 0.6) is 0 Å². The van der Waals surface area contributed by atoms with Gasteiger partial charge >= 0.3 is 0 Å². The number of nitrogens with zero attached hydrogens (tertiary/aromatic N) is 3. The van der Waals surface area contributed by atoms with Gasteiger partial charge in [-0.15, -0.1) is 10.2 Å². The molecule has 6 nitrogen and oxygen atoms in total. The van der Waals surface area contributed by atoms with E-state index in [1.807, 2.05) is 25.1 Å². The molecule has 2 aromatic rings. The molecule has 1 atom stereocenters. The van der Waals surface area contributed by atoms with Crippen LogP contribution in [0.4, 0.5) is 0 Å². The number of aromatic nitrogens is 3. The molecule has 0 saturated heterocycles. The van der Waals surface area contributed by atoms with Gasteiger partial charge in [0.25, 0.3) is 0 Å². The van der Waals surface area contributed by atoms with Crippen molar-refractivity contribution in [3.8, 4) is 11.4 Å². The van der Waals surface area contributed by atoms with E-state index < -0.39 is 0 Å². The second kappa shape index (κ2) is 10.4. The molecule has 0 aliphatic heterocycles. The minimum absolute atomic E-state index is 0.0275. The van der Waals surface area contributed by atoms with Crippen molar-refractivity contribution in [2.24, 2.45) is 0 Å². The first-order chi connectivity index (χ1) is 12.5. The molecule has 0 fully saturated rings. The third kappa shape index (κ3) is 5.92. The van der Waals surface area contributed by atoms with Crippen molar-refractivity contribution in [2.75, 3.05) is 11.6 Å². The smallest absolute Gasteiger partial charge is 0.230 e. The normalized spacial score (nSPS) is 12.1. The van der Waals surface area contributed by atoms with Crippen LogP contribution < -0.4 is 11.2 Å². The molecule has 142 valence electrons. The van der Waals surface area contributed by atoms with Crippen LogP contribution in [0.2, 0.25) is 5.02 Å². The number of nitrogen functional groups attached to an aromatic ring is 1. The lowest BCUT2D eigenvalue weighted by Gasteiger charge is -2.13. The highest BCUT2D eigenvalue weighted by Gasteiger charge is 2.16. The number of nitrogens with two attached hydrogens (primary N) is 1. The highest BCUT2D eigenvalue weighted by molar-refractivity contribution is 7.99. The van der Waals surface area contributed by atoms with Gasteiger partial charge in [-0.25, -0.2) is 4.68 Å². The molecule has 0 bridgehead atoms. The zero-order valence-electron chi connectivity index (χ0n) is 15.2. The minimum atomic E-state index is -0.0275. The number of hydrogen-bond acceptors (Lipinski definition) is 5. The summed E-state index contributed by atoms with van der Waals surface area (Å²) in [5.74, 6) is 6.76. The van der Waals surface area contributed by atoms with Gasteiger partial charge in [0.05, 0.1) is 10.8 Å². The SMILES string of the molecule is CCCCCC[C@@H](C)NC(=O)CSc1nnc(-c2ccccc2Cl)n1N. The van der Waals surface area contributed by atoms with Crippen molar-refractivity contribution < 1.29 is 4.79 Å². The second-order valence-electron chi connectivity index (χ2n) is 6.26. The molecule has 0 aliphatic carbocycles. The molecule has 0 saturated carbocycles. The lowest BCUT2D eigenvalue weighted by atomic mass is 10.1. The number of unbranched alkanes of at least 4 members (excludes halogenated alkanes) is 3. The monoisotopic (exact) mass is 395 g/mol. The Morgan fingerprint density at radius 1 is 1.31 bits per heavy atom. The van der Waals surface area contributed by atoms with Gasteiger partial charge in [0.15, 0.2) is 5.82 Å². The number of halogens is 1. The Morgan fingerprint density at radius 2 is 2.08 bits per heavy atom. The molecule has 1 heterocycles. The summed E-state index contributed by atoms with van der Waals surface area (Å²) in [4.78, 5) is 12.1. The molecule has 0 spiro atoms. The molecule has 3 N–H and O–H groups in total. The molecule has 8 heteroatoms. The molecule has 0 aliphatic rings. The van der Waals surface area contributed by atoms with E-state index in [-0.39, 0.29) is 17.7 Å². The summed E-state index contributed by atoms with van der Waals surface area (Å²) >= 11 is 7.44. The van der Waals surface area contributed by atoms with Gasteiger partial charge in [0.2, 0.25) is 11.1 Å². The average Bonchev–Trinajstić information content (AvgIpc) is 2.98. The number of carbonyl (C=O) groups excluding carboxylic acids is 1. The number of amides is 1. The zero-order chi connectivity index (χ0) is 18.9. The third-order valence-electron chi connectivity index (χ3n) is 4.01. The van der Waals surface area contributed by atoms with E-state index in [4.69, 9.17) is 17.4 Å². The second-order valence-corrected chi connectivity index (χ2v) is 7.61. The number of thioether (sulfide) groups is 1. The molecule has 2 rings (SSSR count). The number of carbonyl (C=O) groups is 1. The molecule has 0 unspecified atom stereocenters. The standard InChI is InChI=1S/C18H26ClN5OS/c1-3-4-5-6-9-13(2)21-16(25)12-26-18-23-22-17(24(18)20)14-10-7-8-11-15(14)19/h7-8,10-11,13H,3-6,9,12,20H2,1-2H3,(H,21,25)/t13-/m1/s1. The van der Waals surface area contributed by atoms with E-state index in [2.05, 4.69) is 22.4 Å². The van der Waals surface area contributed by atoms with Gasteiger partial charge in [0.1, 0.15) is 0 Å². The van der Waals surface area contributed by atoms with Gasteiger partial charge in [-0.1, -0.05) is 68.1 Å². The molecule has 1 amide bonds. The van der Waals surface area contributed by atoms with E-state index in [1.54, 1.807) is 6.07 Å². The topological polar surface area (TPSA) is 85.8 Å². The fourth-order valence-corrected chi connectivity index (χ4v) is 3.49. The highest BCUT2D eigenvalue weighted by Crippen LogP contribution is 2.27. The van der Waals surface area contributed by atoms with E-state index in [0.29, 0.717) is 21.6 Å². The van der Waals surface area contributed by atoms with Crippen molar-refractivity contribution in [3.05, 3.63) is 29.3 Å². The van der Waals surface area contributed by atoms with Gasteiger partial charge in [-0.2, -0.15) is 0 Å². The molecule has 26 heavy (non-hydrogen) atoms. The molecular formula is C18H26ClN5OS. The lowest BCUT2D eigenvalue weighted by molar-refractivity contribution is -0.119. The number of nitrogens with one attached hydrogen (secondary N) is 1. The maximum atomic E-state index is 12.1. The summed E-state index contributed by atoms with van der Waals surface area (Å²) in [5.41, 5.74) is 0.709. The van der Waals surface area contributed by atoms with Crippen LogP contribution in [-0.2, 0) is 4.79 Å². The van der Waals surface area contributed by atoms with Crippen molar-refractivity contribution in [3.63, 3.8) is 0 Å². The Morgan fingerprint density at radius 3 is 2.81 bits per heavy atom. The maximum absolute atomic E-state index is 12.1. The summed E-state index contributed by atoms with van der Waals surface area (Å²) in [5, 5.41) is 12.2. The van der Waals surface area contributed by atoms with Crippen LogP contribution in [0, 0.1) is 0 Å². The Bertz CT molecular complexity index is 721. The van der Waals surface area contributed by atoms with Crippen LogP contribution in [0.15, 0.2) is 29.4 Å². The average molecular weight is 396 g/mol. The summed E-state index contributed by atoms with van der Waals surface area (Å²) in [6.45, 7) is 4.23. The summed E-state index contributed by atoms with van der Waals surface area (Å²) in [6, 6.07) is 7.48. The Kier molecular flexibility index (Phi) is 8.25. The molecule has 0 radical (unpaired) electrons. The predicted octanol–water partition coefficient (Wildman–Crippen LogP) is 3.88. The summed E-state index contributed by atoms with van der Waals surface area (Å²) in [6.07, 6.45) is 5.82. The van der Waals surface area contributed by atoms with E-state index in [1.165, 1.54) is 35.7 Å². The van der Waals surface area contributed by atoms with Gasteiger partial charge in [0, 0.05) is 11.6 Å². The molecule has 1 aromatic carbocycles. The van der Waals surface area contributed by atoms with Crippen molar-refractivity contribution >= 4 is 29.3 Å².